The number of benzene rings is 1. The Morgan fingerprint density at radius 2 is 1.80 bits per heavy atom. The molecule has 0 atom stereocenters. The molecule has 82 valence electrons. The summed E-state index contributed by atoms with van der Waals surface area (Å²) in [4.78, 5) is 0. The number of rotatable bonds is 2. The fourth-order valence-corrected chi connectivity index (χ4v) is 2.43. The van der Waals surface area contributed by atoms with Crippen LogP contribution in [0.1, 0.15) is 37.7 Å². The van der Waals surface area contributed by atoms with E-state index in [0.29, 0.717) is 5.92 Å². The minimum Gasteiger partial charge on any atom is -0.508 e. The molecule has 0 aliphatic heterocycles. The number of aromatic hydroxyl groups is 2. The van der Waals surface area contributed by atoms with Gasteiger partial charge in [0.2, 0.25) is 0 Å². The normalized spacial score (nSPS) is 17.9. The first-order valence-corrected chi connectivity index (χ1v) is 5.76. The standard InChI is InChI=1S/C13H18O2/c14-12-7-6-11(13(15)9-12)8-10-4-2-1-3-5-10/h6-7,9-10,14-15H,1-5,8H2. The second-order valence-corrected chi connectivity index (χ2v) is 4.52. The van der Waals surface area contributed by atoms with Crippen LogP contribution in [0.25, 0.3) is 0 Å². The van der Waals surface area contributed by atoms with Gasteiger partial charge in [0.15, 0.2) is 0 Å². The maximum Gasteiger partial charge on any atom is 0.122 e. The van der Waals surface area contributed by atoms with Crippen LogP contribution in [0.15, 0.2) is 18.2 Å². The fourth-order valence-electron chi connectivity index (χ4n) is 2.43. The van der Waals surface area contributed by atoms with Crippen LogP contribution in [0.2, 0.25) is 0 Å². The summed E-state index contributed by atoms with van der Waals surface area (Å²) in [6.45, 7) is 0. The molecule has 0 amide bonds. The Hall–Kier alpha value is -1.18. The van der Waals surface area contributed by atoms with Gasteiger partial charge in [0, 0.05) is 6.07 Å². The predicted molar refractivity (Wildman–Crippen MR) is 60.1 cm³/mol. The predicted octanol–water partition coefficient (Wildman–Crippen LogP) is 3.22. The van der Waals surface area contributed by atoms with E-state index in [1.54, 1.807) is 6.07 Å². The van der Waals surface area contributed by atoms with Gasteiger partial charge in [-0.05, 0) is 24.0 Å². The van der Waals surface area contributed by atoms with Gasteiger partial charge in [0.25, 0.3) is 0 Å². The highest BCUT2D eigenvalue weighted by Crippen LogP contribution is 2.31. The van der Waals surface area contributed by atoms with Crippen LogP contribution in [0, 0.1) is 5.92 Å². The molecule has 0 aromatic heterocycles. The van der Waals surface area contributed by atoms with E-state index < -0.39 is 0 Å². The minimum atomic E-state index is 0.139. The van der Waals surface area contributed by atoms with E-state index in [-0.39, 0.29) is 11.5 Å². The quantitative estimate of drug-likeness (QED) is 0.780. The van der Waals surface area contributed by atoms with Crippen LogP contribution in [0.5, 0.6) is 11.5 Å². The molecule has 1 saturated carbocycles. The van der Waals surface area contributed by atoms with E-state index in [1.165, 1.54) is 38.2 Å². The van der Waals surface area contributed by atoms with Crippen LogP contribution < -0.4 is 0 Å². The highest BCUT2D eigenvalue weighted by molar-refractivity contribution is 5.39. The first kappa shape index (κ1) is 10.3. The molecule has 0 unspecified atom stereocenters. The number of phenolic OH excluding ortho intramolecular Hbond substituents is 2. The topological polar surface area (TPSA) is 40.5 Å². The largest absolute Gasteiger partial charge is 0.508 e. The first-order valence-electron chi connectivity index (χ1n) is 5.76. The number of phenols is 2. The second-order valence-electron chi connectivity index (χ2n) is 4.52. The Morgan fingerprint density at radius 1 is 1.07 bits per heavy atom. The van der Waals surface area contributed by atoms with Gasteiger partial charge in [-0.25, -0.2) is 0 Å². The third-order valence-electron chi connectivity index (χ3n) is 3.30. The molecule has 2 rings (SSSR count). The summed E-state index contributed by atoms with van der Waals surface area (Å²) >= 11 is 0. The van der Waals surface area contributed by atoms with Crippen molar-refractivity contribution >= 4 is 0 Å². The SMILES string of the molecule is Oc1ccc(CC2CCCCC2)c(O)c1. The van der Waals surface area contributed by atoms with Gasteiger partial charge in [-0.2, -0.15) is 0 Å². The molecule has 0 heterocycles. The monoisotopic (exact) mass is 206 g/mol. The second kappa shape index (κ2) is 4.56. The Balaban J connectivity index is 2.03. The van der Waals surface area contributed by atoms with Crippen molar-refractivity contribution in [3.05, 3.63) is 23.8 Å². The van der Waals surface area contributed by atoms with E-state index in [2.05, 4.69) is 0 Å². The van der Waals surface area contributed by atoms with Crippen molar-refractivity contribution in [3.63, 3.8) is 0 Å². The maximum absolute atomic E-state index is 9.66. The van der Waals surface area contributed by atoms with Gasteiger partial charge < -0.3 is 10.2 Å². The molecule has 1 aromatic rings. The Labute approximate surface area is 90.6 Å². The summed E-state index contributed by atoms with van der Waals surface area (Å²) < 4.78 is 0. The van der Waals surface area contributed by atoms with Gasteiger partial charge in [-0.15, -0.1) is 0 Å². The smallest absolute Gasteiger partial charge is 0.122 e. The van der Waals surface area contributed by atoms with E-state index in [4.69, 9.17) is 0 Å². The zero-order chi connectivity index (χ0) is 10.7. The number of hydrogen-bond acceptors (Lipinski definition) is 2. The molecular weight excluding hydrogens is 188 g/mol. The van der Waals surface area contributed by atoms with Crippen molar-refractivity contribution in [2.75, 3.05) is 0 Å². The summed E-state index contributed by atoms with van der Waals surface area (Å²) in [5, 5.41) is 18.8. The maximum atomic E-state index is 9.66. The Bertz CT molecular complexity index is 327. The third-order valence-corrected chi connectivity index (χ3v) is 3.30. The fraction of sp³-hybridized carbons (Fsp3) is 0.538. The molecular formula is C13H18O2. The molecule has 0 radical (unpaired) electrons. The molecule has 0 spiro atoms. The molecule has 2 nitrogen and oxygen atoms in total. The van der Waals surface area contributed by atoms with Gasteiger partial charge >= 0.3 is 0 Å². The molecule has 1 aliphatic rings. The molecule has 15 heavy (non-hydrogen) atoms. The zero-order valence-corrected chi connectivity index (χ0v) is 8.95. The summed E-state index contributed by atoms with van der Waals surface area (Å²) in [5.74, 6) is 1.09. The van der Waals surface area contributed by atoms with Gasteiger partial charge in [-0.1, -0.05) is 38.2 Å². The Morgan fingerprint density at radius 3 is 2.47 bits per heavy atom. The van der Waals surface area contributed by atoms with Crippen molar-refractivity contribution in [1.82, 2.24) is 0 Å². The van der Waals surface area contributed by atoms with Crippen LogP contribution >= 0.6 is 0 Å². The molecule has 0 saturated heterocycles. The van der Waals surface area contributed by atoms with Gasteiger partial charge in [0.05, 0.1) is 0 Å². The lowest BCUT2D eigenvalue weighted by molar-refractivity contribution is 0.351. The summed E-state index contributed by atoms with van der Waals surface area (Å²) in [7, 11) is 0. The summed E-state index contributed by atoms with van der Waals surface area (Å²) in [6, 6.07) is 4.91. The van der Waals surface area contributed by atoms with Gasteiger partial charge in [0.1, 0.15) is 11.5 Å². The summed E-state index contributed by atoms with van der Waals surface area (Å²) in [5.41, 5.74) is 0.972. The van der Waals surface area contributed by atoms with Crippen LogP contribution in [-0.4, -0.2) is 10.2 Å². The average molecular weight is 206 g/mol. The zero-order valence-electron chi connectivity index (χ0n) is 8.95. The number of hydrogen-bond donors (Lipinski definition) is 2. The lowest BCUT2D eigenvalue weighted by Gasteiger charge is -2.21. The van der Waals surface area contributed by atoms with Crippen LogP contribution in [-0.2, 0) is 6.42 Å². The molecule has 1 fully saturated rings. The van der Waals surface area contributed by atoms with Crippen molar-refractivity contribution in [3.8, 4) is 11.5 Å². The average Bonchev–Trinajstić information content (AvgIpc) is 2.24. The van der Waals surface area contributed by atoms with E-state index in [1.807, 2.05) is 6.07 Å². The molecule has 2 heteroatoms. The van der Waals surface area contributed by atoms with Crippen molar-refractivity contribution < 1.29 is 10.2 Å². The van der Waals surface area contributed by atoms with Crippen molar-refractivity contribution in [2.45, 2.75) is 38.5 Å². The summed E-state index contributed by atoms with van der Waals surface area (Å²) in [6.07, 6.45) is 7.51. The molecule has 0 bridgehead atoms. The first-order chi connectivity index (χ1) is 7.25. The lowest BCUT2D eigenvalue weighted by atomic mass is 9.85. The molecule has 2 N–H and O–H groups in total. The Kier molecular flexibility index (Phi) is 3.14. The highest BCUT2D eigenvalue weighted by atomic mass is 16.3. The van der Waals surface area contributed by atoms with E-state index >= 15 is 0 Å². The van der Waals surface area contributed by atoms with Crippen LogP contribution in [0.4, 0.5) is 0 Å². The van der Waals surface area contributed by atoms with Crippen molar-refractivity contribution in [2.24, 2.45) is 5.92 Å². The van der Waals surface area contributed by atoms with E-state index in [0.717, 1.165) is 12.0 Å². The van der Waals surface area contributed by atoms with Gasteiger partial charge in [-0.3, -0.25) is 0 Å². The van der Waals surface area contributed by atoms with E-state index in [9.17, 15) is 10.2 Å². The molecule has 1 aromatic carbocycles. The van der Waals surface area contributed by atoms with Crippen molar-refractivity contribution in [1.29, 1.82) is 0 Å². The minimum absolute atomic E-state index is 0.139. The molecule has 1 aliphatic carbocycles. The van der Waals surface area contributed by atoms with Crippen LogP contribution in [0.3, 0.4) is 0 Å². The highest BCUT2D eigenvalue weighted by Gasteiger charge is 2.15. The lowest BCUT2D eigenvalue weighted by Crippen LogP contribution is -2.09. The third kappa shape index (κ3) is 2.65.